The van der Waals surface area contributed by atoms with Gasteiger partial charge in [0.25, 0.3) is 0 Å². The number of ether oxygens (including phenoxy) is 2. The summed E-state index contributed by atoms with van der Waals surface area (Å²) in [6, 6.07) is 7.30. The number of nitrogens with zero attached hydrogens (tertiary/aromatic N) is 1. The molecule has 0 aliphatic heterocycles. The van der Waals surface area contributed by atoms with Crippen LogP contribution in [0.3, 0.4) is 0 Å². The highest BCUT2D eigenvalue weighted by Gasteiger charge is 2.12. The topological polar surface area (TPSA) is 62.2 Å². The van der Waals surface area contributed by atoms with Crippen LogP contribution in [0.5, 0.6) is 0 Å². The summed E-state index contributed by atoms with van der Waals surface area (Å²) in [5.74, 6) is 0. The van der Waals surface area contributed by atoms with Crippen molar-refractivity contribution in [1.82, 2.24) is 4.90 Å². The molecule has 0 aliphatic rings. The van der Waals surface area contributed by atoms with Crippen molar-refractivity contribution in [3.63, 3.8) is 0 Å². The van der Waals surface area contributed by atoms with Gasteiger partial charge in [0.2, 0.25) is 0 Å². The summed E-state index contributed by atoms with van der Waals surface area (Å²) >= 11 is 0. The van der Waals surface area contributed by atoms with Gasteiger partial charge in [-0.1, -0.05) is 24.3 Å². The smallest absolute Gasteiger partial charge is 0.423 e. The minimum Gasteiger partial charge on any atom is -0.423 e. The van der Waals surface area contributed by atoms with E-state index in [-0.39, 0.29) is 0 Å². The Kier molecular flexibility index (Phi) is 7.70. The second-order valence-corrected chi connectivity index (χ2v) is 4.38. The lowest BCUT2D eigenvalue weighted by Crippen LogP contribution is -2.32. The normalized spacial score (nSPS) is 11.0. The fraction of sp³-hybridized carbons (Fsp3) is 0.538. The lowest BCUT2D eigenvalue weighted by atomic mass is 9.79. The largest absolute Gasteiger partial charge is 0.488 e. The van der Waals surface area contributed by atoms with Crippen LogP contribution in [-0.4, -0.2) is 62.6 Å². The summed E-state index contributed by atoms with van der Waals surface area (Å²) in [6.07, 6.45) is 0. The van der Waals surface area contributed by atoms with Crippen LogP contribution in [0.1, 0.15) is 5.56 Å². The minimum absolute atomic E-state index is 0.510. The second kappa shape index (κ2) is 9.06. The Hall–Kier alpha value is -0.915. The Morgan fingerprint density at radius 3 is 2.26 bits per heavy atom. The molecule has 5 nitrogen and oxygen atoms in total. The first-order valence-corrected chi connectivity index (χ1v) is 6.32. The summed E-state index contributed by atoms with van der Waals surface area (Å²) in [6.45, 7) is 3.67. The van der Waals surface area contributed by atoms with Crippen molar-refractivity contribution < 1.29 is 19.5 Å². The predicted octanol–water partition coefficient (Wildman–Crippen LogP) is -0.539. The Labute approximate surface area is 114 Å². The van der Waals surface area contributed by atoms with Gasteiger partial charge in [0, 0.05) is 33.9 Å². The fourth-order valence-electron chi connectivity index (χ4n) is 1.82. The van der Waals surface area contributed by atoms with Gasteiger partial charge in [-0.25, -0.2) is 0 Å². The molecule has 0 heterocycles. The van der Waals surface area contributed by atoms with Gasteiger partial charge in [-0.15, -0.1) is 0 Å². The number of rotatable bonds is 9. The van der Waals surface area contributed by atoms with E-state index < -0.39 is 7.12 Å². The van der Waals surface area contributed by atoms with Gasteiger partial charge in [-0.3, -0.25) is 4.90 Å². The van der Waals surface area contributed by atoms with Crippen LogP contribution in [0, 0.1) is 0 Å². The SMILES string of the molecule is COCCN(CCOC)Cc1cccc(B(O)O)c1. The Bertz CT molecular complexity index is 354. The molecule has 19 heavy (non-hydrogen) atoms. The van der Waals surface area contributed by atoms with Crippen LogP contribution in [0.15, 0.2) is 24.3 Å². The van der Waals surface area contributed by atoms with Gasteiger partial charge in [0.15, 0.2) is 0 Å². The van der Waals surface area contributed by atoms with Crippen LogP contribution in [0.25, 0.3) is 0 Å². The molecule has 0 aromatic heterocycles. The van der Waals surface area contributed by atoms with Crippen molar-refractivity contribution in [3.8, 4) is 0 Å². The van der Waals surface area contributed by atoms with E-state index in [1.165, 1.54) is 0 Å². The third kappa shape index (κ3) is 6.18. The first-order chi connectivity index (χ1) is 9.17. The number of benzene rings is 1. The van der Waals surface area contributed by atoms with E-state index in [0.29, 0.717) is 18.7 Å². The van der Waals surface area contributed by atoms with E-state index >= 15 is 0 Å². The molecule has 106 valence electrons. The van der Waals surface area contributed by atoms with E-state index in [2.05, 4.69) is 4.90 Å². The molecule has 0 atom stereocenters. The maximum absolute atomic E-state index is 9.17. The fourth-order valence-corrected chi connectivity index (χ4v) is 1.82. The third-order valence-corrected chi connectivity index (χ3v) is 2.88. The monoisotopic (exact) mass is 267 g/mol. The van der Waals surface area contributed by atoms with Gasteiger partial charge in [-0.05, 0) is 11.0 Å². The third-order valence-electron chi connectivity index (χ3n) is 2.88. The highest BCUT2D eigenvalue weighted by molar-refractivity contribution is 6.58. The van der Waals surface area contributed by atoms with E-state index in [0.717, 1.165) is 25.2 Å². The van der Waals surface area contributed by atoms with Crippen LogP contribution in [0.4, 0.5) is 0 Å². The molecule has 0 bridgehead atoms. The molecule has 0 saturated carbocycles. The average molecular weight is 267 g/mol. The van der Waals surface area contributed by atoms with Crippen LogP contribution >= 0.6 is 0 Å². The Balaban J connectivity index is 2.63. The molecule has 1 aromatic carbocycles. The number of hydrogen-bond donors (Lipinski definition) is 2. The molecule has 1 aromatic rings. The first kappa shape index (κ1) is 16.1. The van der Waals surface area contributed by atoms with Crippen molar-refractivity contribution in [3.05, 3.63) is 29.8 Å². The maximum Gasteiger partial charge on any atom is 0.488 e. The summed E-state index contributed by atoms with van der Waals surface area (Å²) in [7, 11) is 1.93. The predicted molar refractivity (Wildman–Crippen MR) is 75.3 cm³/mol. The van der Waals surface area contributed by atoms with Gasteiger partial charge in [-0.2, -0.15) is 0 Å². The summed E-state index contributed by atoms with van der Waals surface area (Å²) < 4.78 is 10.2. The molecule has 0 radical (unpaired) electrons. The van der Waals surface area contributed by atoms with Crippen LogP contribution in [-0.2, 0) is 16.0 Å². The summed E-state index contributed by atoms with van der Waals surface area (Å²) in [5, 5.41) is 18.3. The van der Waals surface area contributed by atoms with Gasteiger partial charge in [0.05, 0.1) is 13.2 Å². The lowest BCUT2D eigenvalue weighted by Gasteiger charge is -2.21. The Morgan fingerprint density at radius 2 is 1.74 bits per heavy atom. The van der Waals surface area contributed by atoms with Crippen molar-refractivity contribution >= 4 is 12.6 Å². The lowest BCUT2D eigenvalue weighted by molar-refractivity contribution is 0.110. The highest BCUT2D eigenvalue weighted by atomic mass is 16.5. The number of hydrogen-bond acceptors (Lipinski definition) is 5. The first-order valence-electron chi connectivity index (χ1n) is 6.32. The Morgan fingerprint density at radius 1 is 1.11 bits per heavy atom. The molecule has 6 heteroatoms. The van der Waals surface area contributed by atoms with E-state index in [9.17, 15) is 0 Å². The number of methoxy groups -OCH3 is 2. The minimum atomic E-state index is -1.42. The molecule has 0 amide bonds. The molecular weight excluding hydrogens is 245 g/mol. The molecule has 0 saturated heterocycles. The quantitative estimate of drug-likeness (QED) is 0.588. The van der Waals surface area contributed by atoms with Crippen molar-refractivity contribution in [2.75, 3.05) is 40.5 Å². The standard InChI is InChI=1S/C13H22BNO4/c1-18-8-6-15(7-9-19-2)11-12-4-3-5-13(10-12)14(16)17/h3-5,10,16-17H,6-9,11H2,1-2H3. The molecule has 0 fully saturated rings. The molecule has 1 rings (SSSR count). The zero-order chi connectivity index (χ0) is 14.1. The molecular formula is C13H22BNO4. The van der Waals surface area contributed by atoms with E-state index in [1.54, 1.807) is 26.4 Å². The van der Waals surface area contributed by atoms with Crippen LogP contribution < -0.4 is 5.46 Å². The summed E-state index contributed by atoms with van der Waals surface area (Å²) in [4.78, 5) is 2.20. The van der Waals surface area contributed by atoms with Gasteiger partial charge < -0.3 is 19.5 Å². The second-order valence-electron chi connectivity index (χ2n) is 4.38. The maximum atomic E-state index is 9.17. The van der Waals surface area contributed by atoms with Gasteiger partial charge in [0.1, 0.15) is 0 Å². The molecule has 0 unspecified atom stereocenters. The highest BCUT2D eigenvalue weighted by Crippen LogP contribution is 2.03. The van der Waals surface area contributed by atoms with E-state index in [4.69, 9.17) is 19.5 Å². The van der Waals surface area contributed by atoms with Crippen LogP contribution in [0.2, 0.25) is 0 Å². The van der Waals surface area contributed by atoms with E-state index in [1.807, 2.05) is 12.1 Å². The van der Waals surface area contributed by atoms with Gasteiger partial charge >= 0.3 is 7.12 Å². The zero-order valence-corrected chi connectivity index (χ0v) is 11.6. The molecule has 2 N–H and O–H groups in total. The van der Waals surface area contributed by atoms with Crippen molar-refractivity contribution in [2.45, 2.75) is 6.54 Å². The molecule has 0 aliphatic carbocycles. The van der Waals surface area contributed by atoms with Crippen molar-refractivity contribution in [2.24, 2.45) is 0 Å². The zero-order valence-electron chi connectivity index (χ0n) is 11.6. The summed E-state index contributed by atoms with van der Waals surface area (Å²) in [5.41, 5.74) is 1.55. The average Bonchev–Trinajstić information content (AvgIpc) is 2.42. The van der Waals surface area contributed by atoms with Crippen molar-refractivity contribution in [1.29, 1.82) is 0 Å². The molecule has 0 spiro atoms.